The summed E-state index contributed by atoms with van der Waals surface area (Å²) >= 11 is 0. The molecule has 0 radical (unpaired) electrons. The van der Waals surface area contributed by atoms with Gasteiger partial charge in [-0.15, -0.1) is 0 Å². The average Bonchev–Trinajstić information content (AvgIpc) is 2.47. The molecule has 0 bridgehead atoms. The fourth-order valence-electron chi connectivity index (χ4n) is 3.33. The van der Waals surface area contributed by atoms with Crippen molar-refractivity contribution in [2.75, 3.05) is 26.7 Å². The Kier molecular flexibility index (Phi) is 3.52. The second-order valence-corrected chi connectivity index (χ2v) is 5.33. The van der Waals surface area contributed by atoms with Crippen LogP contribution < -0.4 is 15.4 Å². The average molecular weight is 246 g/mol. The number of ether oxygens (including phenoxy) is 1. The number of hydrogen-bond acceptors (Lipinski definition) is 3. The standard InChI is InChI=1S/C15H22N2O/c1-18-12-5-6-13-11(9-12)3-2-4-14(13)15-10-16-7-8-17-15/h5-6,9,14-17H,2-4,7-8,10H2,1H3. The fourth-order valence-corrected chi connectivity index (χ4v) is 3.33. The maximum atomic E-state index is 5.33. The first-order chi connectivity index (χ1) is 8.88. The number of fused-ring (bicyclic) bond motifs is 1. The molecule has 1 heterocycles. The molecule has 3 heteroatoms. The summed E-state index contributed by atoms with van der Waals surface area (Å²) in [5.41, 5.74) is 3.02. The molecule has 1 aromatic carbocycles. The molecule has 3 rings (SSSR count). The molecular formula is C15H22N2O. The second-order valence-electron chi connectivity index (χ2n) is 5.33. The Hall–Kier alpha value is -1.06. The molecule has 0 spiro atoms. The van der Waals surface area contributed by atoms with Gasteiger partial charge in [0.05, 0.1) is 7.11 Å². The van der Waals surface area contributed by atoms with Gasteiger partial charge in [-0.2, -0.15) is 0 Å². The molecule has 1 aromatic rings. The van der Waals surface area contributed by atoms with E-state index in [4.69, 9.17) is 4.74 Å². The van der Waals surface area contributed by atoms with E-state index in [1.165, 1.54) is 30.4 Å². The van der Waals surface area contributed by atoms with Gasteiger partial charge in [0.1, 0.15) is 5.75 Å². The zero-order valence-corrected chi connectivity index (χ0v) is 11.0. The van der Waals surface area contributed by atoms with Crippen molar-refractivity contribution in [1.82, 2.24) is 10.6 Å². The normalized spacial score (nSPS) is 27.6. The second kappa shape index (κ2) is 5.29. The quantitative estimate of drug-likeness (QED) is 0.833. The molecule has 98 valence electrons. The summed E-state index contributed by atoms with van der Waals surface area (Å²) in [6.45, 7) is 3.28. The van der Waals surface area contributed by atoms with Crippen molar-refractivity contribution < 1.29 is 4.74 Å². The topological polar surface area (TPSA) is 33.3 Å². The smallest absolute Gasteiger partial charge is 0.119 e. The predicted octanol–water partition coefficient (Wildman–Crippen LogP) is 1.68. The van der Waals surface area contributed by atoms with Crippen LogP contribution in [0.2, 0.25) is 0 Å². The summed E-state index contributed by atoms with van der Waals surface area (Å²) in [5, 5.41) is 7.16. The van der Waals surface area contributed by atoms with Crippen LogP contribution in [0.15, 0.2) is 18.2 Å². The van der Waals surface area contributed by atoms with Gasteiger partial charge < -0.3 is 15.4 Å². The molecule has 1 saturated heterocycles. The number of piperazine rings is 1. The van der Waals surface area contributed by atoms with E-state index in [0.29, 0.717) is 12.0 Å². The number of hydrogen-bond donors (Lipinski definition) is 2. The van der Waals surface area contributed by atoms with Crippen molar-refractivity contribution in [3.8, 4) is 5.75 Å². The lowest BCUT2D eigenvalue weighted by Gasteiger charge is -2.35. The van der Waals surface area contributed by atoms with Crippen LogP contribution in [0.3, 0.4) is 0 Å². The third-order valence-electron chi connectivity index (χ3n) is 4.27. The van der Waals surface area contributed by atoms with Gasteiger partial charge in [0.15, 0.2) is 0 Å². The number of rotatable bonds is 2. The molecule has 2 unspecified atom stereocenters. The van der Waals surface area contributed by atoms with Gasteiger partial charge in [-0.1, -0.05) is 6.07 Å². The van der Waals surface area contributed by atoms with E-state index in [-0.39, 0.29) is 0 Å². The van der Waals surface area contributed by atoms with E-state index < -0.39 is 0 Å². The Morgan fingerprint density at radius 2 is 2.22 bits per heavy atom. The van der Waals surface area contributed by atoms with Crippen LogP contribution in [0.5, 0.6) is 5.75 Å². The lowest BCUT2D eigenvalue weighted by molar-refractivity contribution is 0.340. The van der Waals surface area contributed by atoms with Crippen LogP contribution in [0.1, 0.15) is 29.9 Å². The summed E-state index contributed by atoms with van der Waals surface area (Å²) in [5.74, 6) is 1.65. The maximum absolute atomic E-state index is 5.33. The van der Waals surface area contributed by atoms with E-state index in [1.807, 2.05) is 0 Å². The van der Waals surface area contributed by atoms with Gasteiger partial charge in [0, 0.05) is 31.6 Å². The third-order valence-corrected chi connectivity index (χ3v) is 4.27. The SMILES string of the molecule is COc1ccc2c(c1)CCCC2C1CNCCN1. The number of nitrogens with one attached hydrogen (secondary N) is 2. The lowest BCUT2D eigenvalue weighted by atomic mass is 9.78. The summed E-state index contributed by atoms with van der Waals surface area (Å²) in [6.07, 6.45) is 3.80. The Morgan fingerprint density at radius 3 is 3.00 bits per heavy atom. The van der Waals surface area contributed by atoms with Gasteiger partial charge in [-0.25, -0.2) is 0 Å². The van der Waals surface area contributed by atoms with E-state index in [1.54, 1.807) is 7.11 Å². The Bertz CT molecular complexity index is 413. The Morgan fingerprint density at radius 1 is 1.28 bits per heavy atom. The largest absolute Gasteiger partial charge is 0.497 e. The maximum Gasteiger partial charge on any atom is 0.119 e. The summed E-state index contributed by atoms with van der Waals surface area (Å²) in [6, 6.07) is 7.19. The van der Waals surface area contributed by atoms with E-state index >= 15 is 0 Å². The monoisotopic (exact) mass is 246 g/mol. The van der Waals surface area contributed by atoms with Gasteiger partial charge in [-0.3, -0.25) is 0 Å². The minimum Gasteiger partial charge on any atom is -0.497 e. The highest BCUT2D eigenvalue weighted by molar-refractivity contribution is 5.40. The first-order valence-corrected chi connectivity index (χ1v) is 6.99. The molecule has 1 fully saturated rings. The van der Waals surface area contributed by atoms with E-state index in [9.17, 15) is 0 Å². The molecule has 0 saturated carbocycles. The number of methoxy groups -OCH3 is 1. The van der Waals surface area contributed by atoms with Crippen LogP contribution in [0.4, 0.5) is 0 Å². The van der Waals surface area contributed by atoms with E-state index in [2.05, 4.69) is 28.8 Å². The predicted molar refractivity (Wildman–Crippen MR) is 73.3 cm³/mol. The van der Waals surface area contributed by atoms with Gasteiger partial charge >= 0.3 is 0 Å². The zero-order valence-electron chi connectivity index (χ0n) is 11.0. The molecule has 1 aliphatic carbocycles. The number of benzene rings is 1. The minimum absolute atomic E-state index is 0.589. The molecule has 2 aliphatic rings. The van der Waals surface area contributed by atoms with Crippen molar-refractivity contribution in [1.29, 1.82) is 0 Å². The van der Waals surface area contributed by atoms with Crippen LogP contribution in [0, 0.1) is 0 Å². The van der Waals surface area contributed by atoms with Gasteiger partial charge in [-0.05, 0) is 42.5 Å². The van der Waals surface area contributed by atoms with Crippen LogP contribution in [-0.4, -0.2) is 32.8 Å². The highest BCUT2D eigenvalue weighted by Gasteiger charge is 2.28. The lowest BCUT2D eigenvalue weighted by Crippen LogP contribution is -2.51. The van der Waals surface area contributed by atoms with Crippen molar-refractivity contribution in [3.63, 3.8) is 0 Å². The molecular weight excluding hydrogens is 224 g/mol. The van der Waals surface area contributed by atoms with Crippen LogP contribution >= 0.6 is 0 Å². The number of aryl methyl sites for hydroxylation is 1. The Balaban J connectivity index is 1.86. The molecule has 3 nitrogen and oxygen atoms in total. The van der Waals surface area contributed by atoms with Crippen molar-refractivity contribution in [3.05, 3.63) is 29.3 Å². The van der Waals surface area contributed by atoms with Gasteiger partial charge in [0.25, 0.3) is 0 Å². The van der Waals surface area contributed by atoms with Crippen LogP contribution in [0.25, 0.3) is 0 Å². The van der Waals surface area contributed by atoms with Crippen molar-refractivity contribution in [2.45, 2.75) is 31.2 Å². The summed E-state index contributed by atoms with van der Waals surface area (Å²) in [4.78, 5) is 0. The minimum atomic E-state index is 0.589. The van der Waals surface area contributed by atoms with Crippen molar-refractivity contribution >= 4 is 0 Å². The van der Waals surface area contributed by atoms with Crippen LogP contribution in [-0.2, 0) is 6.42 Å². The molecule has 0 aromatic heterocycles. The molecule has 18 heavy (non-hydrogen) atoms. The molecule has 2 N–H and O–H groups in total. The first kappa shape index (κ1) is 12.0. The fraction of sp³-hybridized carbons (Fsp3) is 0.600. The zero-order chi connectivity index (χ0) is 12.4. The molecule has 1 aliphatic heterocycles. The molecule has 0 amide bonds. The highest BCUT2D eigenvalue weighted by atomic mass is 16.5. The van der Waals surface area contributed by atoms with Gasteiger partial charge in [0.2, 0.25) is 0 Å². The summed E-state index contributed by atoms with van der Waals surface area (Å²) < 4.78 is 5.33. The molecule has 2 atom stereocenters. The highest BCUT2D eigenvalue weighted by Crippen LogP contribution is 2.35. The van der Waals surface area contributed by atoms with E-state index in [0.717, 1.165) is 25.4 Å². The summed E-state index contributed by atoms with van der Waals surface area (Å²) in [7, 11) is 1.74. The van der Waals surface area contributed by atoms with Crippen molar-refractivity contribution in [2.24, 2.45) is 0 Å². The third kappa shape index (κ3) is 2.25. The Labute approximate surface area is 109 Å². The first-order valence-electron chi connectivity index (χ1n) is 6.99.